The molecule has 0 bridgehead atoms. The van der Waals surface area contributed by atoms with Crippen LogP contribution in [0.3, 0.4) is 0 Å². The Hall–Kier alpha value is -0.260. The van der Waals surface area contributed by atoms with Crippen molar-refractivity contribution >= 4 is 28.3 Å². The first-order valence-electron chi connectivity index (χ1n) is 5.84. The summed E-state index contributed by atoms with van der Waals surface area (Å²) in [6, 6.07) is 3.23. The molecule has 0 fully saturated rings. The number of rotatable bonds is 4. The van der Waals surface area contributed by atoms with Crippen molar-refractivity contribution in [3.8, 4) is 0 Å². The number of nitrogens with two attached hydrogens (primary N) is 1. The largest absolute Gasteiger partial charge is 0.416 e. The monoisotopic (exact) mass is 359 g/mol. The van der Waals surface area contributed by atoms with Crippen LogP contribution in [-0.2, 0) is 6.18 Å². The molecule has 1 nitrogen and oxygen atoms in total. The first-order chi connectivity index (χ1) is 8.21. The number of hydrogen-bond acceptors (Lipinski definition) is 1. The van der Waals surface area contributed by atoms with E-state index in [2.05, 4.69) is 29.8 Å². The highest BCUT2D eigenvalue weighted by molar-refractivity contribution is 9.10. The molecule has 0 aliphatic rings. The van der Waals surface area contributed by atoms with Gasteiger partial charge in [0.25, 0.3) is 0 Å². The zero-order valence-corrected chi connectivity index (χ0v) is 13.2. The molecule has 0 radical (unpaired) electrons. The van der Waals surface area contributed by atoms with Crippen LogP contribution in [-0.4, -0.2) is 0 Å². The molecule has 0 aromatic heterocycles. The van der Waals surface area contributed by atoms with E-state index in [1.807, 2.05) is 0 Å². The van der Waals surface area contributed by atoms with Gasteiger partial charge in [0.05, 0.1) is 5.56 Å². The summed E-state index contributed by atoms with van der Waals surface area (Å²) in [5.41, 5.74) is 5.83. The van der Waals surface area contributed by atoms with E-state index in [1.165, 1.54) is 6.07 Å². The van der Waals surface area contributed by atoms with E-state index in [-0.39, 0.29) is 18.4 Å². The van der Waals surface area contributed by atoms with Gasteiger partial charge in [0.1, 0.15) is 0 Å². The number of benzene rings is 1. The van der Waals surface area contributed by atoms with Crippen LogP contribution in [0.2, 0.25) is 0 Å². The van der Waals surface area contributed by atoms with E-state index in [0.717, 1.165) is 18.6 Å². The van der Waals surface area contributed by atoms with Gasteiger partial charge in [0, 0.05) is 10.5 Å². The summed E-state index contributed by atoms with van der Waals surface area (Å²) >= 11 is 3.26. The Kier molecular flexibility index (Phi) is 7.40. The van der Waals surface area contributed by atoms with Crippen LogP contribution in [0.1, 0.15) is 43.9 Å². The Labute approximate surface area is 126 Å². The molecule has 0 amide bonds. The normalized spacial score (nSPS) is 13.3. The zero-order chi connectivity index (χ0) is 13.9. The Morgan fingerprint density at radius 3 is 2.26 bits per heavy atom. The van der Waals surface area contributed by atoms with Gasteiger partial charge >= 0.3 is 6.18 Å². The summed E-state index contributed by atoms with van der Waals surface area (Å²) in [5.74, 6) is 0.487. The van der Waals surface area contributed by atoms with Crippen molar-refractivity contribution in [1.82, 2.24) is 0 Å². The van der Waals surface area contributed by atoms with Crippen LogP contribution in [0, 0.1) is 5.92 Å². The fraction of sp³-hybridized carbons (Fsp3) is 0.538. The molecule has 0 aliphatic heterocycles. The minimum Gasteiger partial charge on any atom is -0.324 e. The highest BCUT2D eigenvalue weighted by Gasteiger charge is 2.31. The molecule has 0 spiro atoms. The minimum absolute atomic E-state index is 0. The van der Waals surface area contributed by atoms with Gasteiger partial charge in [-0.15, -0.1) is 12.4 Å². The van der Waals surface area contributed by atoms with Crippen LogP contribution < -0.4 is 5.73 Å². The van der Waals surface area contributed by atoms with Gasteiger partial charge in [-0.05, 0) is 42.5 Å². The SMILES string of the molecule is CC(C)CC[C@H](N)c1cc(C(F)(F)F)ccc1Br.Cl. The van der Waals surface area contributed by atoms with Crippen molar-refractivity contribution in [3.05, 3.63) is 33.8 Å². The summed E-state index contributed by atoms with van der Waals surface area (Å²) in [5, 5.41) is 0. The molecule has 110 valence electrons. The molecule has 1 aromatic carbocycles. The van der Waals surface area contributed by atoms with Crippen LogP contribution in [0.25, 0.3) is 0 Å². The van der Waals surface area contributed by atoms with Crippen molar-refractivity contribution in [2.24, 2.45) is 11.7 Å². The lowest BCUT2D eigenvalue weighted by atomic mass is 9.97. The molecular weight excluding hydrogens is 343 g/mol. The van der Waals surface area contributed by atoms with E-state index < -0.39 is 11.7 Å². The highest BCUT2D eigenvalue weighted by Crippen LogP contribution is 2.34. The van der Waals surface area contributed by atoms with E-state index in [0.29, 0.717) is 22.4 Å². The van der Waals surface area contributed by atoms with E-state index in [1.54, 1.807) is 0 Å². The molecule has 1 atom stereocenters. The third kappa shape index (κ3) is 5.71. The third-order valence-corrected chi connectivity index (χ3v) is 3.50. The van der Waals surface area contributed by atoms with Gasteiger partial charge in [-0.1, -0.05) is 29.8 Å². The van der Waals surface area contributed by atoms with E-state index >= 15 is 0 Å². The smallest absolute Gasteiger partial charge is 0.324 e. The second-order valence-electron chi connectivity index (χ2n) is 4.81. The van der Waals surface area contributed by atoms with Gasteiger partial charge in [-0.25, -0.2) is 0 Å². The Bertz CT molecular complexity index is 407. The van der Waals surface area contributed by atoms with Gasteiger partial charge in [-0.3, -0.25) is 0 Å². The van der Waals surface area contributed by atoms with Crippen molar-refractivity contribution in [1.29, 1.82) is 0 Å². The second kappa shape index (κ2) is 7.50. The van der Waals surface area contributed by atoms with E-state index in [9.17, 15) is 13.2 Å². The average Bonchev–Trinajstić information content (AvgIpc) is 2.24. The quantitative estimate of drug-likeness (QED) is 0.772. The second-order valence-corrected chi connectivity index (χ2v) is 5.67. The van der Waals surface area contributed by atoms with Crippen LogP contribution in [0.4, 0.5) is 13.2 Å². The fourth-order valence-electron chi connectivity index (χ4n) is 1.67. The van der Waals surface area contributed by atoms with Crippen LogP contribution in [0.5, 0.6) is 0 Å². The average molecular weight is 361 g/mol. The number of alkyl halides is 3. The summed E-state index contributed by atoms with van der Waals surface area (Å²) < 4.78 is 38.5. The Balaban J connectivity index is 0.00000324. The summed E-state index contributed by atoms with van der Waals surface area (Å²) in [4.78, 5) is 0. The maximum atomic E-state index is 12.6. The molecule has 19 heavy (non-hydrogen) atoms. The molecule has 1 aromatic rings. The summed E-state index contributed by atoms with van der Waals surface area (Å²) in [6.45, 7) is 4.13. The molecule has 0 unspecified atom stereocenters. The third-order valence-electron chi connectivity index (χ3n) is 2.78. The molecule has 0 heterocycles. The van der Waals surface area contributed by atoms with Gasteiger partial charge < -0.3 is 5.73 Å². The lowest BCUT2D eigenvalue weighted by molar-refractivity contribution is -0.137. The lowest BCUT2D eigenvalue weighted by Gasteiger charge is -2.17. The number of halogens is 5. The summed E-state index contributed by atoms with van der Waals surface area (Å²) in [6.07, 6.45) is -2.76. The first-order valence-corrected chi connectivity index (χ1v) is 6.63. The molecule has 1 rings (SSSR count). The molecule has 0 saturated heterocycles. The predicted molar refractivity (Wildman–Crippen MR) is 77.4 cm³/mol. The van der Waals surface area contributed by atoms with E-state index in [4.69, 9.17) is 5.73 Å². The van der Waals surface area contributed by atoms with Crippen molar-refractivity contribution in [2.75, 3.05) is 0 Å². The van der Waals surface area contributed by atoms with Crippen molar-refractivity contribution in [3.63, 3.8) is 0 Å². The lowest BCUT2D eigenvalue weighted by Crippen LogP contribution is -2.14. The maximum Gasteiger partial charge on any atom is 0.416 e. The van der Waals surface area contributed by atoms with Gasteiger partial charge in [0.15, 0.2) is 0 Å². The predicted octanol–water partition coefficient (Wildman–Crippen LogP) is 5.33. The minimum atomic E-state index is -4.33. The maximum absolute atomic E-state index is 12.6. The Morgan fingerprint density at radius 1 is 1.21 bits per heavy atom. The van der Waals surface area contributed by atoms with Crippen LogP contribution >= 0.6 is 28.3 Å². The Morgan fingerprint density at radius 2 is 1.79 bits per heavy atom. The van der Waals surface area contributed by atoms with Crippen LogP contribution in [0.15, 0.2) is 22.7 Å². The number of hydrogen-bond donors (Lipinski definition) is 1. The fourth-order valence-corrected chi connectivity index (χ4v) is 2.21. The highest BCUT2D eigenvalue weighted by atomic mass is 79.9. The molecule has 0 saturated carbocycles. The topological polar surface area (TPSA) is 26.0 Å². The first kappa shape index (κ1) is 18.7. The molecule has 2 N–H and O–H groups in total. The van der Waals surface area contributed by atoms with Gasteiger partial charge in [-0.2, -0.15) is 13.2 Å². The molecular formula is C13H18BrClF3N. The molecule has 0 aliphatic carbocycles. The summed E-state index contributed by atoms with van der Waals surface area (Å²) in [7, 11) is 0. The standard InChI is InChI=1S/C13H17BrF3N.ClH/c1-8(2)3-6-12(18)10-7-9(13(15,16)17)4-5-11(10)14;/h4-5,7-8,12H,3,6,18H2,1-2H3;1H/t12-;/m0./s1. The van der Waals surface area contributed by atoms with Gasteiger partial charge in [0.2, 0.25) is 0 Å². The zero-order valence-electron chi connectivity index (χ0n) is 10.8. The van der Waals surface area contributed by atoms with Crippen molar-refractivity contribution < 1.29 is 13.2 Å². The molecule has 6 heteroatoms. The van der Waals surface area contributed by atoms with Crippen molar-refractivity contribution in [2.45, 2.75) is 38.9 Å².